The highest BCUT2D eigenvalue weighted by Gasteiger charge is 2.33. The standard InChI is InChI=1S/C8H15Cl3/c1-7(2,3)5-8(4,11)6(9)10/h6H,5H2,1-4H3. The molecular formula is C8H15Cl3. The Kier molecular flexibility index (Phi) is 4.02. The van der Waals surface area contributed by atoms with Crippen molar-refractivity contribution in [2.45, 2.75) is 43.8 Å². The Hall–Kier alpha value is 0.870. The summed E-state index contributed by atoms with van der Waals surface area (Å²) < 4.78 is 0. The number of rotatable bonds is 2. The summed E-state index contributed by atoms with van der Waals surface area (Å²) in [6, 6.07) is 0. The van der Waals surface area contributed by atoms with E-state index in [2.05, 4.69) is 20.8 Å². The second-order valence-electron chi connectivity index (χ2n) is 4.32. The van der Waals surface area contributed by atoms with Gasteiger partial charge in [-0.25, -0.2) is 0 Å². The maximum atomic E-state index is 6.09. The lowest BCUT2D eigenvalue weighted by atomic mass is 9.86. The lowest BCUT2D eigenvalue weighted by Gasteiger charge is -2.31. The minimum atomic E-state index is -0.513. The Morgan fingerprint density at radius 3 is 1.55 bits per heavy atom. The van der Waals surface area contributed by atoms with Gasteiger partial charge in [0.2, 0.25) is 0 Å². The van der Waals surface area contributed by atoms with Gasteiger partial charge < -0.3 is 0 Å². The van der Waals surface area contributed by atoms with Gasteiger partial charge in [-0.2, -0.15) is 0 Å². The van der Waals surface area contributed by atoms with Crippen LogP contribution in [0.25, 0.3) is 0 Å². The van der Waals surface area contributed by atoms with E-state index >= 15 is 0 Å². The van der Waals surface area contributed by atoms with E-state index in [4.69, 9.17) is 34.8 Å². The molecule has 0 amide bonds. The Morgan fingerprint density at radius 2 is 1.45 bits per heavy atom. The number of alkyl halides is 3. The zero-order valence-electron chi connectivity index (χ0n) is 7.42. The molecule has 0 N–H and O–H groups in total. The second-order valence-corrected chi connectivity index (χ2v) is 6.28. The van der Waals surface area contributed by atoms with E-state index in [1.807, 2.05) is 6.92 Å². The van der Waals surface area contributed by atoms with Crippen molar-refractivity contribution in [2.75, 3.05) is 0 Å². The van der Waals surface area contributed by atoms with E-state index in [1.165, 1.54) is 0 Å². The monoisotopic (exact) mass is 216 g/mol. The van der Waals surface area contributed by atoms with Crippen molar-refractivity contribution in [1.82, 2.24) is 0 Å². The second kappa shape index (κ2) is 3.72. The fourth-order valence-corrected chi connectivity index (χ4v) is 1.67. The fraction of sp³-hybridized carbons (Fsp3) is 1.00. The third kappa shape index (κ3) is 5.16. The number of hydrogen-bond donors (Lipinski definition) is 0. The minimum absolute atomic E-state index is 0.165. The van der Waals surface area contributed by atoms with Crippen LogP contribution >= 0.6 is 34.8 Å². The van der Waals surface area contributed by atoms with Crippen LogP contribution in [0.5, 0.6) is 0 Å². The van der Waals surface area contributed by atoms with Gasteiger partial charge in [-0.3, -0.25) is 0 Å². The van der Waals surface area contributed by atoms with Gasteiger partial charge in [0.25, 0.3) is 0 Å². The summed E-state index contributed by atoms with van der Waals surface area (Å²) in [5, 5.41) is 0. The topological polar surface area (TPSA) is 0 Å². The maximum absolute atomic E-state index is 6.09. The molecular weight excluding hydrogens is 202 g/mol. The Balaban J connectivity index is 4.13. The average Bonchev–Trinajstić information content (AvgIpc) is 1.56. The lowest BCUT2D eigenvalue weighted by molar-refractivity contribution is 0.332. The molecule has 11 heavy (non-hydrogen) atoms. The smallest absolute Gasteiger partial charge is 0.117 e. The van der Waals surface area contributed by atoms with E-state index in [0.717, 1.165) is 6.42 Å². The van der Waals surface area contributed by atoms with Crippen molar-refractivity contribution in [3.8, 4) is 0 Å². The van der Waals surface area contributed by atoms with Crippen LogP contribution in [0.1, 0.15) is 34.1 Å². The van der Waals surface area contributed by atoms with Crippen molar-refractivity contribution < 1.29 is 0 Å². The van der Waals surface area contributed by atoms with Gasteiger partial charge in [-0.15, -0.1) is 34.8 Å². The normalized spacial score (nSPS) is 18.5. The minimum Gasteiger partial charge on any atom is -0.117 e. The van der Waals surface area contributed by atoms with Gasteiger partial charge in [-0.05, 0) is 18.8 Å². The molecule has 0 aliphatic carbocycles. The van der Waals surface area contributed by atoms with E-state index in [-0.39, 0.29) is 5.41 Å². The Morgan fingerprint density at radius 1 is 1.09 bits per heavy atom. The van der Waals surface area contributed by atoms with Crippen LogP contribution in [-0.4, -0.2) is 9.71 Å². The summed E-state index contributed by atoms with van der Waals surface area (Å²) in [4.78, 5) is -1.02. The van der Waals surface area contributed by atoms with Crippen molar-refractivity contribution in [2.24, 2.45) is 5.41 Å². The molecule has 3 heteroatoms. The van der Waals surface area contributed by atoms with E-state index in [9.17, 15) is 0 Å². The summed E-state index contributed by atoms with van der Waals surface area (Å²) in [6.07, 6.45) is 0.805. The van der Waals surface area contributed by atoms with Crippen LogP contribution < -0.4 is 0 Å². The van der Waals surface area contributed by atoms with Crippen LogP contribution in [0.2, 0.25) is 0 Å². The maximum Gasteiger partial charge on any atom is 0.126 e. The lowest BCUT2D eigenvalue weighted by Crippen LogP contribution is -2.30. The molecule has 0 saturated carbocycles. The van der Waals surface area contributed by atoms with Gasteiger partial charge in [0.1, 0.15) is 4.84 Å². The first-order valence-corrected chi connectivity index (χ1v) is 4.87. The molecule has 0 aliphatic heterocycles. The molecule has 0 aromatic carbocycles. The molecule has 0 nitrogen and oxygen atoms in total. The molecule has 1 atom stereocenters. The largest absolute Gasteiger partial charge is 0.126 e. The average molecular weight is 218 g/mol. The van der Waals surface area contributed by atoms with E-state index < -0.39 is 9.71 Å². The van der Waals surface area contributed by atoms with Crippen LogP contribution in [0.15, 0.2) is 0 Å². The van der Waals surface area contributed by atoms with Crippen LogP contribution in [-0.2, 0) is 0 Å². The molecule has 0 aromatic rings. The van der Waals surface area contributed by atoms with Gasteiger partial charge in [0.05, 0.1) is 4.87 Å². The summed E-state index contributed by atoms with van der Waals surface area (Å²) in [5.74, 6) is 0. The molecule has 0 spiro atoms. The first kappa shape index (κ1) is 11.9. The molecule has 0 fully saturated rings. The highest BCUT2D eigenvalue weighted by atomic mass is 35.5. The highest BCUT2D eigenvalue weighted by Crippen LogP contribution is 2.37. The SMILES string of the molecule is CC(C)(C)CC(C)(Cl)C(Cl)Cl. The first-order valence-electron chi connectivity index (χ1n) is 3.62. The molecule has 0 aliphatic rings. The molecule has 0 saturated heterocycles. The Labute approximate surface area is 84.2 Å². The molecule has 0 aromatic heterocycles. The predicted molar refractivity (Wildman–Crippen MR) is 53.8 cm³/mol. The fourth-order valence-electron chi connectivity index (χ4n) is 1.11. The zero-order valence-corrected chi connectivity index (χ0v) is 9.69. The highest BCUT2D eigenvalue weighted by molar-refractivity contribution is 6.49. The predicted octanol–water partition coefficient (Wildman–Crippen LogP) is 4.22. The molecule has 0 bridgehead atoms. The van der Waals surface area contributed by atoms with Crippen molar-refractivity contribution >= 4 is 34.8 Å². The molecule has 68 valence electrons. The van der Waals surface area contributed by atoms with E-state index in [0.29, 0.717) is 0 Å². The summed E-state index contributed by atoms with van der Waals surface area (Å²) in [6.45, 7) is 8.21. The number of halogens is 3. The quantitative estimate of drug-likeness (QED) is 0.608. The summed E-state index contributed by atoms with van der Waals surface area (Å²) >= 11 is 17.5. The third-order valence-corrected chi connectivity index (χ3v) is 2.87. The first-order chi connectivity index (χ1) is 4.65. The van der Waals surface area contributed by atoms with Crippen molar-refractivity contribution in [3.05, 3.63) is 0 Å². The van der Waals surface area contributed by atoms with Crippen molar-refractivity contribution in [3.63, 3.8) is 0 Å². The molecule has 0 rings (SSSR count). The molecule has 1 unspecified atom stereocenters. The summed E-state index contributed by atoms with van der Waals surface area (Å²) in [7, 11) is 0. The van der Waals surface area contributed by atoms with Gasteiger partial charge in [0.15, 0.2) is 0 Å². The van der Waals surface area contributed by atoms with Gasteiger partial charge >= 0.3 is 0 Å². The Bertz CT molecular complexity index is 122. The molecule has 0 radical (unpaired) electrons. The van der Waals surface area contributed by atoms with Crippen LogP contribution in [0.4, 0.5) is 0 Å². The number of hydrogen-bond acceptors (Lipinski definition) is 0. The van der Waals surface area contributed by atoms with Gasteiger partial charge in [-0.1, -0.05) is 20.8 Å². The summed E-state index contributed by atoms with van der Waals surface area (Å²) in [5.41, 5.74) is 0.165. The van der Waals surface area contributed by atoms with Gasteiger partial charge in [0, 0.05) is 0 Å². The van der Waals surface area contributed by atoms with Crippen molar-refractivity contribution in [1.29, 1.82) is 0 Å². The molecule has 0 heterocycles. The van der Waals surface area contributed by atoms with Crippen LogP contribution in [0, 0.1) is 5.41 Å². The zero-order chi connectivity index (χ0) is 9.28. The van der Waals surface area contributed by atoms with E-state index in [1.54, 1.807) is 0 Å². The third-order valence-electron chi connectivity index (χ3n) is 1.33. The van der Waals surface area contributed by atoms with Crippen LogP contribution in [0.3, 0.4) is 0 Å².